The standard InChI is InChI=1S/C17H19N/c18-17(12-13-17)11-10-14-6-8-16(9-7-14)15-4-2-1-3-5-15/h1-9H,10-13,18H2. The van der Waals surface area contributed by atoms with Crippen LogP contribution < -0.4 is 5.73 Å². The largest absolute Gasteiger partial charge is 0.325 e. The second-order valence-corrected chi connectivity index (χ2v) is 5.43. The van der Waals surface area contributed by atoms with Gasteiger partial charge >= 0.3 is 0 Å². The Morgan fingerprint density at radius 1 is 0.833 bits per heavy atom. The van der Waals surface area contributed by atoms with Crippen LogP contribution in [0.2, 0.25) is 0 Å². The minimum atomic E-state index is 0.165. The van der Waals surface area contributed by atoms with Gasteiger partial charge in [0.15, 0.2) is 0 Å². The summed E-state index contributed by atoms with van der Waals surface area (Å²) in [5.74, 6) is 0. The SMILES string of the molecule is NC1(CCc2ccc(-c3ccccc3)cc2)CC1. The van der Waals surface area contributed by atoms with Crippen molar-refractivity contribution in [2.45, 2.75) is 31.2 Å². The number of aryl methyl sites for hydroxylation is 1. The van der Waals surface area contributed by atoms with Crippen LogP contribution in [0.5, 0.6) is 0 Å². The van der Waals surface area contributed by atoms with E-state index in [1.807, 2.05) is 6.07 Å². The highest BCUT2D eigenvalue weighted by molar-refractivity contribution is 5.63. The summed E-state index contributed by atoms with van der Waals surface area (Å²) in [7, 11) is 0. The summed E-state index contributed by atoms with van der Waals surface area (Å²) in [5.41, 5.74) is 10.2. The molecule has 1 fully saturated rings. The Morgan fingerprint density at radius 3 is 2.06 bits per heavy atom. The van der Waals surface area contributed by atoms with Crippen LogP contribution in [0.25, 0.3) is 11.1 Å². The smallest absolute Gasteiger partial charge is 0.0158 e. The molecule has 1 heteroatoms. The van der Waals surface area contributed by atoms with Crippen LogP contribution >= 0.6 is 0 Å². The van der Waals surface area contributed by atoms with E-state index in [0.717, 1.165) is 12.8 Å². The van der Waals surface area contributed by atoms with Gasteiger partial charge in [-0.25, -0.2) is 0 Å². The fourth-order valence-electron chi connectivity index (χ4n) is 2.30. The molecule has 2 aromatic rings. The van der Waals surface area contributed by atoms with Crippen molar-refractivity contribution in [3.05, 3.63) is 60.2 Å². The lowest BCUT2D eigenvalue weighted by molar-refractivity contribution is 0.609. The summed E-state index contributed by atoms with van der Waals surface area (Å²) in [6.45, 7) is 0. The third kappa shape index (κ3) is 2.62. The van der Waals surface area contributed by atoms with E-state index < -0.39 is 0 Å². The Hall–Kier alpha value is -1.60. The zero-order valence-corrected chi connectivity index (χ0v) is 10.6. The molecule has 0 aliphatic heterocycles. The lowest BCUT2D eigenvalue weighted by Crippen LogP contribution is -2.22. The van der Waals surface area contributed by atoms with Crippen LogP contribution in [-0.4, -0.2) is 5.54 Å². The summed E-state index contributed by atoms with van der Waals surface area (Å²) in [5, 5.41) is 0. The molecule has 1 nitrogen and oxygen atoms in total. The Balaban J connectivity index is 1.69. The van der Waals surface area contributed by atoms with Crippen LogP contribution in [0.1, 0.15) is 24.8 Å². The molecule has 92 valence electrons. The highest BCUT2D eigenvalue weighted by Gasteiger charge is 2.37. The zero-order chi connectivity index (χ0) is 12.4. The first-order valence-corrected chi connectivity index (χ1v) is 6.68. The summed E-state index contributed by atoms with van der Waals surface area (Å²) < 4.78 is 0. The van der Waals surface area contributed by atoms with Crippen LogP contribution in [0, 0.1) is 0 Å². The highest BCUT2D eigenvalue weighted by Crippen LogP contribution is 2.36. The third-order valence-electron chi connectivity index (χ3n) is 3.86. The number of rotatable bonds is 4. The fourth-order valence-corrected chi connectivity index (χ4v) is 2.30. The van der Waals surface area contributed by atoms with Crippen molar-refractivity contribution < 1.29 is 0 Å². The molecular weight excluding hydrogens is 218 g/mol. The van der Waals surface area contributed by atoms with E-state index in [0.29, 0.717) is 0 Å². The van der Waals surface area contributed by atoms with Gasteiger partial charge in [-0.15, -0.1) is 0 Å². The van der Waals surface area contributed by atoms with Gasteiger partial charge in [-0.2, -0.15) is 0 Å². The average Bonchev–Trinajstić information content (AvgIpc) is 3.17. The zero-order valence-electron chi connectivity index (χ0n) is 10.6. The summed E-state index contributed by atoms with van der Waals surface area (Å²) >= 11 is 0. The number of hydrogen-bond donors (Lipinski definition) is 1. The van der Waals surface area contributed by atoms with Crippen molar-refractivity contribution in [3.8, 4) is 11.1 Å². The third-order valence-corrected chi connectivity index (χ3v) is 3.86. The Morgan fingerprint density at radius 2 is 1.44 bits per heavy atom. The predicted molar refractivity (Wildman–Crippen MR) is 76.4 cm³/mol. The Bertz CT molecular complexity index is 509. The molecule has 0 unspecified atom stereocenters. The molecule has 18 heavy (non-hydrogen) atoms. The van der Waals surface area contributed by atoms with Crippen LogP contribution in [0.4, 0.5) is 0 Å². The number of nitrogens with two attached hydrogens (primary N) is 1. The van der Waals surface area contributed by atoms with Gasteiger partial charge in [0.2, 0.25) is 0 Å². The molecule has 0 atom stereocenters. The van der Waals surface area contributed by atoms with Crippen molar-refractivity contribution in [3.63, 3.8) is 0 Å². The molecule has 0 spiro atoms. The van der Waals surface area contributed by atoms with E-state index in [1.54, 1.807) is 0 Å². The first-order valence-electron chi connectivity index (χ1n) is 6.68. The molecule has 1 aliphatic carbocycles. The maximum absolute atomic E-state index is 6.12. The molecule has 0 aromatic heterocycles. The normalized spacial score (nSPS) is 16.5. The molecule has 2 aromatic carbocycles. The van der Waals surface area contributed by atoms with Gasteiger partial charge < -0.3 is 5.73 Å². The van der Waals surface area contributed by atoms with Crippen molar-refractivity contribution >= 4 is 0 Å². The molecule has 0 bridgehead atoms. The average molecular weight is 237 g/mol. The van der Waals surface area contributed by atoms with E-state index in [1.165, 1.54) is 29.5 Å². The minimum Gasteiger partial charge on any atom is -0.325 e. The Kier molecular flexibility index (Phi) is 2.92. The molecule has 2 N–H and O–H groups in total. The topological polar surface area (TPSA) is 26.0 Å². The van der Waals surface area contributed by atoms with Crippen molar-refractivity contribution in [2.24, 2.45) is 5.73 Å². The van der Waals surface area contributed by atoms with E-state index in [2.05, 4.69) is 48.5 Å². The quantitative estimate of drug-likeness (QED) is 0.860. The molecule has 3 rings (SSSR count). The second kappa shape index (κ2) is 4.58. The summed E-state index contributed by atoms with van der Waals surface area (Å²) in [6.07, 6.45) is 4.63. The van der Waals surface area contributed by atoms with E-state index in [9.17, 15) is 0 Å². The molecule has 0 saturated heterocycles. The van der Waals surface area contributed by atoms with E-state index in [4.69, 9.17) is 5.73 Å². The van der Waals surface area contributed by atoms with Gasteiger partial charge in [-0.05, 0) is 42.4 Å². The van der Waals surface area contributed by atoms with Gasteiger partial charge in [0.25, 0.3) is 0 Å². The molecule has 1 saturated carbocycles. The summed E-state index contributed by atoms with van der Waals surface area (Å²) in [4.78, 5) is 0. The fraction of sp³-hybridized carbons (Fsp3) is 0.294. The first kappa shape index (κ1) is 11.5. The van der Waals surface area contributed by atoms with E-state index >= 15 is 0 Å². The predicted octanol–water partition coefficient (Wildman–Crippen LogP) is 3.78. The summed E-state index contributed by atoms with van der Waals surface area (Å²) in [6, 6.07) is 19.4. The van der Waals surface area contributed by atoms with Crippen LogP contribution in [0.15, 0.2) is 54.6 Å². The van der Waals surface area contributed by atoms with Gasteiger partial charge in [0, 0.05) is 5.54 Å². The molecule has 0 heterocycles. The Labute approximate surface area is 109 Å². The van der Waals surface area contributed by atoms with Gasteiger partial charge in [-0.1, -0.05) is 54.6 Å². The molecule has 0 radical (unpaired) electrons. The number of benzene rings is 2. The second-order valence-electron chi connectivity index (χ2n) is 5.43. The molecular formula is C17H19N. The lowest BCUT2D eigenvalue weighted by atomic mass is 10.0. The van der Waals surface area contributed by atoms with Crippen molar-refractivity contribution in [1.29, 1.82) is 0 Å². The maximum Gasteiger partial charge on any atom is 0.0158 e. The number of hydrogen-bond acceptors (Lipinski definition) is 1. The molecule has 1 aliphatic rings. The lowest BCUT2D eigenvalue weighted by Gasteiger charge is -2.08. The highest BCUT2D eigenvalue weighted by atomic mass is 14.8. The van der Waals surface area contributed by atoms with Gasteiger partial charge in [0.05, 0.1) is 0 Å². The van der Waals surface area contributed by atoms with Crippen molar-refractivity contribution in [1.82, 2.24) is 0 Å². The minimum absolute atomic E-state index is 0.165. The molecule has 0 amide bonds. The van der Waals surface area contributed by atoms with Gasteiger partial charge in [0.1, 0.15) is 0 Å². The van der Waals surface area contributed by atoms with Crippen LogP contribution in [-0.2, 0) is 6.42 Å². The monoisotopic (exact) mass is 237 g/mol. The first-order chi connectivity index (χ1) is 8.75. The van der Waals surface area contributed by atoms with Gasteiger partial charge in [-0.3, -0.25) is 0 Å². The van der Waals surface area contributed by atoms with Crippen LogP contribution in [0.3, 0.4) is 0 Å². The van der Waals surface area contributed by atoms with E-state index in [-0.39, 0.29) is 5.54 Å². The van der Waals surface area contributed by atoms with Crippen molar-refractivity contribution in [2.75, 3.05) is 0 Å². The maximum atomic E-state index is 6.12.